The van der Waals surface area contributed by atoms with Gasteiger partial charge in [0, 0.05) is 18.9 Å². The molecule has 0 atom stereocenters. The lowest BCUT2D eigenvalue weighted by atomic mass is 9.90. The van der Waals surface area contributed by atoms with E-state index in [4.69, 9.17) is 13.9 Å². The Labute approximate surface area is 208 Å². The molecule has 0 radical (unpaired) electrons. The molecule has 8 nitrogen and oxygen atoms in total. The van der Waals surface area contributed by atoms with Crippen LogP contribution in [-0.2, 0) is 36.7 Å². The van der Waals surface area contributed by atoms with Gasteiger partial charge in [0.1, 0.15) is 17.8 Å². The zero-order valence-corrected chi connectivity index (χ0v) is 20.5. The number of nitrogens with zero attached hydrogens (tertiary/aromatic N) is 1. The molecule has 1 aromatic heterocycles. The van der Waals surface area contributed by atoms with Gasteiger partial charge in [0.2, 0.25) is 11.4 Å². The third-order valence-electron chi connectivity index (χ3n) is 5.50. The molecule has 0 aliphatic rings. The highest BCUT2D eigenvalue weighted by atomic mass is 19.1. The van der Waals surface area contributed by atoms with Crippen LogP contribution >= 0.6 is 0 Å². The molecule has 3 aromatic rings. The van der Waals surface area contributed by atoms with Crippen LogP contribution in [-0.4, -0.2) is 41.6 Å². The molecule has 0 aliphatic carbocycles. The van der Waals surface area contributed by atoms with Crippen LogP contribution in [0.15, 0.2) is 59.2 Å². The van der Waals surface area contributed by atoms with Gasteiger partial charge in [-0.15, -0.1) is 0 Å². The largest absolute Gasteiger partial charge is 0.464 e. The van der Waals surface area contributed by atoms with Crippen LogP contribution in [0.2, 0.25) is 0 Å². The molecule has 1 N–H and O–H groups in total. The van der Waals surface area contributed by atoms with Crippen molar-refractivity contribution in [2.75, 3.05) is 13.2 Å². The van der Waals surface area contributed by atoms with Gasteiger partial charge in [0.25, 0.3) is 0 Å². The Morgan fingerprint density at radius 3 is 2.08 bits per heavy atom. The summed E-state index contributed by atoms with van der Waals surface area (Å²) < 4.78 is 28.9. The summed E-state index contributed by atoms with van der Waals surface area (Å²) in [6, 6.07) is 13.5. The summed E-state index contributed by atoms with van der Waals surface area (Å²) in [6.45, 7) is 4.57. The fourth-order valence-electron chi connectivity index (χ4n) is 3.74. The maximum Gasteiger partial charge on any atom is 0.343 e. The van der Waals surface area contributed by atoms with Gasteiger partial charge in [-0.2, -0.15) is 0 Å². The molecular formula is C27H29FN2O6. The summed E-state index contributed by atoms with van der Waals surface area (Å²) in [7, 11) is 0. The second-order valence-corrected chi connectivity index (χ2v) is 8.15. The van der Waals surface area contributed by atoms with Gasteiger partial charge in [0.05, 0.1) is 13.2 Å². The highest BCUT2D eigenvalue weighted by molar-refractivity contribution is 6.07. The molecule has 1 heterocycles. The number of benzene rings is 2. The number of carbonyl (C=O) groups is 3. The first-order chi connectivity index (χ1) is 17.3. The third-order valence-corrected chi connectivity index (χ3v) is 5.50. The zero-order chi connectivity index (χ0) is 26.1. The summed E-state index contributed by atoms with van der Waals surface area (Å²) in [5, 5.41) is 2.46. The third kappa shape index (κ3) is 6.56. The van der Waals surface area contributed by atoms with E-state index in [1.54, 1.807) is 32.2 Å². The van der Waals surface area contributed by atoms with E-state index < -0.39 is 23.4 Å². The van der Waals surface area contributed by atoms with Gasteiger partial charge in [-0.3, -0.25) is 4.79 Å². The number of amides is 1. The average Bonchev–Trinajstić information content (AvgIpc) is 3.32. The number of nitrogens with one attached hydrogen (secondary N) is 1. The molecule has 2 aromatic carbocycles. The Balaban J connectivity index is 1.73. The topological polar surface area (TPSA) is 108 Å². The van der Waals surface area contributed by atoms with Crippen molar-refractivity contribution in [3.63, 3.8) is 0 Å². The van der Waals surface area contributed by atoms with Crippen LogP contribution < -0.4 is 5.32 Å². The molecule has 0 unspecified atom stereocenters. The van der Waals surface area contributed by atoms with Gasteiger partial charge in [0.15, 0.2) is 5.89 Å². The number of aromatic nitrogens is 1. The minimum atomic E-state index is -1.93. The van der Waals surface area contributed by atoms with Gasteiger partial charge >= 0.3 is 11.9 Å². The molecule has 0 fully saturated rings. The zero-order valence-electron chi connectivity index (χ0n) is 20.5. The molecular weight excluding hydrogens is 467 g/mol. The highest BCUT2D eigenvalue weighted by Crippen LogP contribution is 2.24. The second-order valence-electron chi connectivity index (χ2n) is 8.15. The monoisotopic (exact) mass is 496 g/mol. The molecule has 0 spiro atoms. The molecule has 1 amide bonds. The van der Waals surface area contributed by atoms with E-state index in [9.17, 15) is 18.8 Å². The van der Waals surface area contributed by atoms with E-state index in [1.807, 2.05) is 24.3 Å². The minimum Gasteiger partial charge on any atom is -0.464 e. The van der Waals surface area contributed by atoms with Crippen LogP contribution in [0.25, 0.3) is 11.3 Å². The van der Waals surface area contributed by atoms with Crippen LogP contribution in [0.3, 0.4) is 0 Å². The number of esters is 2. The van der Waals surface area contributed by atoms with Crippen molar-refractivity contribution in [1.82, 2.24) is 10.3 Å². The van der Waals surface area contributed by atoms with Gasteiger partial charge in [-0.25, -0.2) is 19.0 Å². The quantitative estimate of drug-likeness (QED) is 0.316. The molecule has 36 heavy (non-hydrogen) atoms. The van der Waals surface area contributed by atoms with Crippen molar-refractivity contribution in [3.8, 4) is 11.3 Å². The fourth-order valence-corrected chi connectivity index (χ4v) is 3.74. The van der Waals surface area contributed by atoms with E-state index in [0.717, 1.165) is 16.7 Å². The van der Waals surface area contributed by atoms with Crippen LogP contribution in [0, 0.1) is 5.82 Å². The molecule has 190 valence electrons. The predicted molar refractivity (Wildman–Crippen MR) is 129 cm³/mol. The number of hydrogen-bond acceptors (Lipinski definition) is 7. The van der Waals surface area contributed by atoms with E-state index in [1.165, 1.54) is 19.1 Å². The minimum absolute atomic E-state index is 0.0324. The number of rotatable bonds is 11. The molecule has 9 heteroatoms. The van der Waals surface area contributed by atoms with E-state index >= 15 is 0 Å². The number of halogens is 1. The normalized spacial score (nSPS) is 11.1. The Kier molecular flexibility index (Phi) is 8.94. The van der Waals surface area contributed by atoms with Crippen molar-refractivity contribution in [3.05, 3.63) is 77.6 Å². The Bertz CT molecular complexity index is 1170. The lowest BCUT2D eigenvalue weighted by Gasteiger charge is -2.29. The predicted octanol–water partition coefficient (Wildman–Crippen LogP) is 4.01. The summed E-state index contributed by atoms with van der Waals surface area (Å²) in [5.74, 6) is -2.05. The van der Waals surface area contributed by atoms with Crippen LogP contribution in [0.1, 0.15) is 44.2 Å². The van der Waals surface area contributed by atoms with Crippen molar-refractivity contribution in [1.29, 1.82) is 0 Å². The summed E-state index contributed by atoms with van der Waals surface area (Å²) in [6.07, 6.45) is 2.25. The van der Waals surface area contributed by atoms with Crippen molar-refractivity contribution in [2.45, 2.75) is 45.6 Å². The van der Waals surface area contributed by atoms with Gasteiger partial charge in [-0.1, -0.05) is 36.4 Å². The maximum absolute atomic E-state index is 13.1. The lowest BCUT2D eigenvalue weighted by Crippen LogP contribution is -2.61. The summed E-state index contributed by atoms with van der Waals surface area (Å²) in [5.41, 5.74) is 1.24. The Hall–Kier alpha value is -4.01. The van der Waals surface area contributed by atoms with Crippen molar-refractivity contribution < 1.29 is 32.7 Å². The SMILES string of the molecule is CCOC(=O)C(CCc1ccc(-c2coc(Cc3ccc(F)cc3)n2)cc1)(NC(C)=O)C(=O)OCC. The van der Waals surface area contributed by atoms with E-state index in [-0.39, 0.29) is 25.5 Å². The Morgan fingerprint density at radius 1 is 0.944 bits per heavy atom. The summed E-state index contributed by atoms with van der Waals surface area (Å²) in [4.78, 5) is 41.9. The van der Waals surface area contributed by atoms with Gasteiger partial charge < -0.3 is 19.2 Å². The average molecular weight is 497 g/mol. The van der Waals surface area contributed by atoms with Crippen LogP contribution in [0.5, 0.6) is 0 Å². The van der Waals surface area contributed by atoms with E-state index in [2.05, 4.69) is 10.3 Å². The number of ether oxygens (including phenoxy) is 2. The molecule has 0 bridgehead atoms. The van der Waals surface area contributed by atoms with Crippen molar-refractivity contribution in [2.24, 2.45) is 0 Å². The molecule has 0 saturated heterocycles. The second kappa shape index (κ2) is 12.1. The van der Waals surface area contributed by atoms with Gasteiger partial charge in [-0.05, 0) is 49.9 Å². The smallest absolute Gasteiger partial charge is 0.343 e. The first-order valence-corrected chi connectivity index (χ1v) is 11.7. The van der Waals surface area contributed by atoms with Crippen molar-refractivity contribution >= 4 is 17.8 Å². The van der Waals surface area contributed by atoms with Crippen LogP contribution in [0.4, 0.5) is 4.39 Å². The number of carbonyl (C=O) groups excluding carboxylic acids is 3. The molecule has 3 rings (SSSR count). The number of hydrogen-bond donors (Lipinski definition) is 1. The number of aryl methyl sites for hydroxylation is 1. The summed E-state index contributed by atoms with van der Waals surface area (Å²) >= 11 is 0. The fraction of sp³-hybridized carbons (Fsp3) is 0.333. The Morgan fingerprint density at radius 2 is 1.53 bits per heavy atom. The molecule has 0 aliphatic heterocycles. The van der Waals surface area contributed by atoms with E-state index in [0.29, 0.717) is 24.4 Å². The first kappa shape index (κ1) is 26.6. The molecule has 0 saturated carbocycles. The number of oxazole rings is 1. The maximum atomic E-state index is 13.1. The lowest BCUT2D eigenvalue weighted by molar-refractivity contribution is -0.168. The standard InChI is InChI=1S/C27H29FN2O6/c1-4-34-25(32)27(30-18(3)31,26(33)35-5-2)15-14-19-6-10-21(11-7-19)23-17-36-24(29-23)16-20-8-12-22(28)13-9-20/h6-13,17H,4-5,14-16H2,1-3H3,(H,30,31). The first-order valence-electron chi connectivity index (χ1n) is 11.7. The highest BCUT2D eigenvalue weighted by Gasteiger charge is 2.49.